The van der Waals surface area contributed by atoms with E-state index in [0.29, 0.717) is 28.9 Å². The van der Waals surface area contributed by atoms with E-state index in [4.69, 9.17) is 17.3 Å². The van der Waals surface area contributed by atoms with Crippen molar-refractivity contribution in [2.24, 2.45) is 0 Å². The number of hydrogen-bond donors (Lipinski definition) is 3. The maximum Gasteiger partial charge on any atom is 0.159 e. The molecule has 0 fully saturated rings. The van der Waals surface area contributed by atoms with E-state index in [1.165, 1.54) is 6.33 Å². The molecule has 122 valence electrons. The van der Waals surface area contributed by atoms with Crippen LogP contribution >= 0.6 is 27.5 Å². The van der Waals surface area contributed by atoms with Crippen molar-refractivity contribution in [3.05, 3.63) is 69.9 Å². The average molecular weight is 405 g/mol. The molecule has 0 bridgehead atoms. The van der Waals surface area contributed by atoms with E-state index < -0.39 is 0 Å². The van der Waals surface area contributed by atoms with Gasteiger partial charge in [-0.05, 0) is 39.7 Å². The molecular formula is C17H15BrClN5. The summed E-state index contributed by atoms with van der Waals surface area (Å²) in [6.45, 7) is 0.523. The lowest BCUT2D eigenvalue weighted by Gasteiger charge is -2.13. The van der Waals surface area contributed by atoms with Crippen molar-refractivity contribution in [2.75, 3.05) is 16.4 Å². The first kappa shape index (κ1) is 16.5. The van der Waals surface area contributed by atoms with Crippen molar-refractivity contribution < 1.29 is 0 Å². The van der Waals surface area contributed by atoms with Crippen LogP contribution in [-0.2, 0) is 6.54 Å². The van der Waals surface area contributed by atoms with Gasteiger partial charge >= 0.3 is 0 Å². The lowest BCUT2D eigenvalue weighted by atomic mass is 10.2. The molecule has 0 aliphatic heterocycles. The van der Waals surface area contributed by atoms with Gasteiger partial charge in [-0.15, -0.1) is 0 Å². The highest BCUT2D eigenvalue weighted by Crippen LogP contribution is 2.30. The maximum absolute atomic E-state index is 6.19. The number of aromatic nitrogens is 2. The van der Waals surface area contributed by atoms with E-state index >= 15 is 0 Å². The Labute approximate surface area is 153 Å². The van der Waals surface area contributed by atoms with Crippen molar-refractivity contribution in [3.63, 3.8) is 0 Å². The van der Waals surface area contributed by atoms with Gasteiger partial charge in [0.1, 0.15) is 12.0 Å². The molecule has 0 aliphatic carbocycles. The molecule has 1 aromatic heterocycles. The van der Waals surface area contributed by atoms with E-state index in [1.54, 1.807) is 0 Å². The zero-order chi connectivity index (χ0) is 16.9. The molecule has 0 atom stereocenters. The number of benzene rings is 2. The Bertz CT molecular complexity index is 856. The molecule has 1 heterocycles. The first-order chi connectivity index (χ1) is 11.6. The zero-order valence-corrected chi connectivity index (χ0v) is 15.0. The van der Waals surface area contributed by atoms with Gasteiger partial charge in [0.2, 0.25) is 0 Å². The monoisotopic (exact) mass is 403 g/mol. The van der Waals surface area contributed by atoms with E-state index in [2.05, 4.69) is 36.5 Å². The Morgan fingerprint density at radius 1 is 1.00 bits per heavy atom. The fourth-order valence-electron chi connectivity index (χ4n) is 2.15. The highest BCUT2D eigenvalue weighted by molar-refractivity contribution is 9.10. The molecule has 0 unspecified atom stereocenters. The molecule has 3 aromatic rings. The van der Waals surface area contributed by atoms with Gasteiger partial charge in [-0.2, -0.15) is 0 Å². The fraction of sp³-hybridized carbons (Fsp3) is 0.0588. The molecule has 4 N–H and O–H groups in total. The molecule has 3 rings (SSSR count). The zero-order valence-electron chi connectivity index (χ0n) is 12.6. The van der Waals surface area contributed by atoms with Crippen LogP contribution in [-0.4, -0.2) is 9.97 Å². The number of anilines is 4. The van der Waals surface area contributed by atoms with E-state index in [-0.39, 0.29) is 0 Å². The highest BCUT2D eigenvalue weighted by Gasteiger charge is 2.10. The smallest absolute Gasteiger partial charge is 0.159 e. The van der Waals surface area contributed by atoms with Crippen LogP contribution in [0, 0.1) is 0 Å². The molecule has 5 nitrogen and oxygen atoms in total. The summed E-state index contributed by atoms with van der Waals surface area (Å²) in [5, 5.41) is 7.10. The number of nitrogens with one attached hydrogen (secondary N) is 2. The Morgan fingerprint density at radius 3 is 2.50 bits per heavy atom. The van der Waals surface area contributed by atoms with Gasteiger partial charge in [0.25, 0.3) is 0 Å². The van der Waals surface area contributed by atoms with Crippen molar-refractivity contribution in [1.29, 1.82) is 0 Å². The van der Waals surface area contributed by atoms with Crippen molar-refractivity contribution >= 4 is 50.5 Å². The number of halogens is 2. The first-order valence-corrected chi connectivity index (χ1v) is 8.41. The summed E-state index contributed by atoms with van der Waals surface area (Å²) in [4.78, 5) is 8.42. The molecule has 24 heavy (non-hydrogen) atoms. The van der Waals surface area contributed by atoms with Crippen LogP contribution in [0.1, 0.15) is 5.56 Å². The molecule has 2 aromatic carbocycles. The molecule has 0 saturated heterocycles. The third kappa shape index (κ3) is 3.77. The molecule has 0 amide bonds. The SMILES string of the molecule is Nc1c(NCc2ccccc2Cl)ncnc1Nc1ccccc1Br. The highest BCUT2D eigenvalue weighted by atomic mass is 79.9. The predicted octanol–water partition coefficient (Wildman–Crippen LogP) is 4.83. The second-order valence-electron chi connectivity index (χ2n) is 5.03. The Kier molecular flexibility index (Phi) is 5.17. The van der Waals surface area contributed by atoms with Gasteiger partial charge in [-0.1, -0.05) is 41.9 Å². The van der Waals surface area contributed by atoms with Gasteiger partial charge in [-0.3, -0.25) is 0 Å². The number of nitrogen functional groups attached to an aromatic ring is 1. The van der Waals surface area contributed by atoms with Crippen LogP contribution in [0.4, 0.5) is 23.0 Å². The van der Waals surface area contributed by atoms with Crippen molar-refractivity contribution in [2.45, 2.75) is 6.54 Å². The largest absolute Gasteiger partial charge is 0.393 e. The molecule has 7 heteroatoms. The van der Waals surface area contributed by atoms with E-state index in [9.17, 15) is 0 Å². The molecular weight excluding hydrogens is 390 g/mol. The summed E-state index contributed by atoms with van der Waals surface area (Å²) < 4.78 is 0.925. The van der Waals surface area contributed by atoms with Crippen molar-refractivity contribution in [1.82, 2.24) is 9.97 Å². The number of hydrogen-bond acceptors (Lipinski definition) is 5. The van der Waals surface area contributed by atoms with Crippen molar-refractivity contribution in [3.8, 4) is 0 Å². The number of nitrogens with zero attached hydrogens (tertiary/aromatic N) is 2. The summed E-state index contributed by atoms with van der Waals surface area (Å²) in [5.74, 6) is 1.10. The maximum atomic E-state index is 6.19. The molecule has 0 spiro atoms. The lowest BCUT2D eigenvalue weighted by Crippen LogP contribution is -2.08. The summed E-state index contributed by atoms with van der Waals surface area (Å²) in [6, 6.07) is 15.4. The summed E-state index contributed by atoms with van der Waals surface area (Å²) >= 11 is 9.65. The third-order valence-corrected chi connectivity index (χ3v) is 4.48. The van der Waals surface area contributed by atoms with Crippen LogP contribution in [0.3, 0.4) is 0 Å². The third-order valence-electron chi connectivity index (χ3n) is 3.41. The van der Waals surface area contributed by atoms with Gasteiger partial charge in [0.05, 0.1) is 5.69 Å². The minimum absolute atomic E-state index is 0.445. The average Bonchev–Trinajstić information content (AvgIpc) is 2.59. The minimum atomic E-state index is 0.445. The standard InChI is InChI=1S/C17H15BrClN5/c18-12-6-2-4-8-14(12)24-17-15(20)16(22-10-23-17)21-9-11-5-1-3-7-13(11)19/h1-8,10H,9,20H2,(H2,21,22,23,24). The normalized spacial score (nSPS) is 10.4. The Morgan fingerprint density at radius 2 is 1.71 bits per heavy atom. The predicted molar refractivity (Wildman–Crippen MR) is 103 cm³/mol. The van der Waals surface area contributed by atoms with Crippen LogP contribution in [0.5, 0.6) is 0 Å². The van der Waals surface area contributed by atoms with Gasteiger partial charge in [0, 0.05) is 16.0 Å². The molecule has 0 saturated carbocycles. The van der Waals surface area contributed by atoms with Crippen LogP contribution in [0.25, 0.3) is 0 Å². The van der Waals surface area contributed by atoms with E-state index in [0.717, 1.165) is 15.7 Å². The van der Waals surface area contributed by atoms with Crippen LogP contribution < -0.4 is 16.4 Å². The number of rotatable bonds is 5. The van der Waals surface area contributed by atoms with Gasteiger partial charge < -0.3 is 16.4 Å². The van der Waals surface area contributed by atoms with Crippen LogP contribution in [0.15, 0.2) is 59.3 Å². The molecule has 0 radical (unpaired) electrons. The van der Waals surface area contributed by atoms with Crippen LogP contribution in [0.2, 0.25) is 5.02 Å². The Balaban J connectivity index is 1.78. The number of para-hydroxylation sites is 1. The van der Waals surface area contributed by atoms with Gasteiger partial charge in [-0.25, -0.2) is 9.97 Å². The quantitative estimate of drug-likeness (QED) is 0.568. The fourth-order valence-corrected chi connectivity index (χ4v) is 2.73. The molecule has 0 aliphatic rings. The number of nitrogens with two attached hydrogens (primary N) is 1. The topological polar surface area (TPSA) is 75.9 Å². The minimum Gasteiger partial charge on any atom is -0.393 e. The second kappa shape index (κ2) is 7.51. The summed E-state index contributed by atoms with van der Waals surface area (Å²) in [7, 11) is 0. The summed E-state index contributed by atoms with van der Waals surface area (Å²) in [6.07, 6.45) is 1.46. The van der Waals surface area contributed by atoms with E-state index in [1.807, 2.05) is 48.5 Å². The second-order valence-corrected chi connectivity index (χ2v) is 6.30. The summed E-state index contributed by atoms with van der Waals surface area (Å²) in [5.41, 5.74) is 8.47. The first-order valence-electron chi connectivity index (χ1n) is 7.24. The van der Waals surface area contributed by atoms with Gasteiger partial charge in [0.15, 0.2) is 11.6 Å². The Hall–Kier alpha value is -2.31. The lowest BCUT2D eigenvalue weighted by molar-refractivity contribution is 1.09.